The van der Waals surface area contributed by atoms with Crippen molar-refractivity contribution in [1.29, 1.82) is 0 Å². The largest absolute Gasteiger partial charge is 0.409 e. The minimum atomic E-state index is 0.118. The fourth-order valence-electron chi connectivity index (χ4n) is 1.34. The van der Waals surface area contributed by atoms with Crippen LogP contribution in [0.25, 0.3) is 0 Å². The summed E-state index contributed by atoms with van der Waals surface area (Å²) in [5.41, 5.74) is 7.46. The molecule has 0 radical (unpaired) electrons. The van der Waals surface area contributed by atoms with Gasteiger partial charge in [-0.15, -0.1) is 11.3 Å². The standard InChI is InChI=1S/C11H11N3OS2/c1-7-2-3-9(8(6-7)10(12)14-15)17-11-13-4-5-16-11/h2-6,15H,1H3,(H2,12,14). The number of amidine groups is 1. The van der Waals surface area contributed by atoms with Crippen molar-refractivity contribution >= 4 is 28.9 Å². The van der Waals surface area contributed by atoms with Gasteiger partial charge in [0.2, 0.25) is 0 Å². The summed E-state index contributed by atoms with van der Waals surface area (Å²) in [5.74, 6) is 0.118. The maximum absolute atomic E-state index is 8.77. The summed E-state index contributed by atoms with van der Waals surface area (Å²) in [7, 11) is 0. The summed E-state index contributed by atoms with van der Waals surface area (Å²) in [4.78, 5) is 5.13. The Bertz CT molecular complexity index is 538. The van der Waals surface area contributed by atoms with Crippen LogP contribution in [0.3, 0.4) is 0 Å². The highest BCUT2D eigenvalue weighted by molar-refractivity contribution is 8.01. The highest BCUT2D eigenvalue weighted by Gasteiger charge is 2.10. The number of nitrogens with zero attached hydrogens (tertiary/aromatic N) is 2. The average molecular weight is 265 g/mol. The summed E-state index contributed by atoms with van der Waals surface area (Å²) in [6.45, 7) is 1.96. The van der Waals surface area contributed by atoms with Crippen molar-refractivity contribution in [2.24, 2.45) is 10.9 Å². The van der Waals surface area contributed by atoms with Gasteiger partial charge < -0.3 is 10.9 Å². The van der Waals surface area contributed by atoms with Crippen molar-refractivity contribution < 1.29 is 5.21 Å². The van der Waals surface area contributed by atoms with Crippen LogP contribution < -0.4 is 5.73 Å². The molecule has 6 heteroatoms. The molecule has 0 bridgehead atoms. The molecule has 0 aliphatic heterocycles. The van der Waals surface area contributed by atoms with Gasteiger partial charge >= 0.3 is 0 Å². The van der Waals surface area contributed by atoms with Crippen molar-refractivity contribution in [2.75, 3.05) is 0 Å². The smallest absolute Gasteiger partial charge is 0.171 e. The molecule has 0 spiro atoms. The Kier molecular flexibility index (Phi) is 3.65. The van der Waals surface area contributed by atoms with E-state index in [9.17, 15) is 0 Å². The van der Waals surface area contributed by atoms with Crippen molar-refractivity contribution in [2.45, 2.75) is 16.2 Å². The average Bonchev–Trinajstić information content (AvgIpc) is 2.83. The summed E-state index contributed by atoms with van der Waals surface area (Å²) in [6, 6.07) is 5.84. The zero-order valence-corrected chi connectivity index (χ0v) is 10.8. The summed E-state index contributed by atoms with van der Waals surface area (Å²) in [5, 5.41) is 13.7. The molecular formula is C11H11N3OS2. The van der Waals surface area contributed by atoms with Crippen molar-refractivity contribution in [1.82, 2.24) is 4.98 Å². The van der Waals surface area contributed by atoms with Gasteiger partial charge in [-0.05, 0) is 19.1 Å². The van der Waals surface area contributed by atoms with Gasteiger partial charge in [0.15, 0.2) is 10.2 Å². The molecular weight excluding hydrogens is 254 g/mol. The number of aromatic nitrogens is 1. The highest BCUT2D eigenvalue weighted by atomic mass is 32.2. The lowest BCUT2D eigenvalue weighted by molar-refractivity contribution is 0.318. The molecule has 1 aromatic heterocycles. The zero-order valence-electron chi connectivity index (χ0n) is 9.12. The molecule has 0 saturated carbocycles. The van der Waals surface area contributed by atoms with E-state index in [1.807, 2.05) is 30.5 Å². The van der Waals surface area contributed by atoms with Gasteiger partial charge in [-0.2, -0.15) is 0 Å². The lowest BCUT2D eigenvalue weighted by Crippen LogP contribution is -2.14. The number of thiazole rings is 1. The van der Waals surface area contributed by atoms with Gasteiger partial charge in [-0.3, -0.25) is 0 Å². The van der Waals surface area contributed by atoms with Crippen LogP contribution in [0.2, 0.25) is 0 Å². The topological polar surface area (TPSA) is 71.5 Å². The second-order valence-electron chi connectivity index (χ2n) is 3.38. The number of nitrogens with two attached hydrogens (primary N) is 1. The second-order valence-corrected chi connectivity index (χ2v) is 5.57. The highest BCUT2D eigenvalue weighted by Crippen LogP contribution is 2.32. The summed E-state index contributed by atoms with van der Waals surface area (Å²) in [6.07, 6.45) is 1.75. The minimum Gasteiger partial charge on any atom is -0.409 e. The van der Waals surface area contributed by atoms with Gasteiger partial charge in [-0.25, -0.2) is 4.98 Å². The fraction of sp³-hybridized carbons (Fsp3) is 0.0909. The molecule has 0 fully saturated rings. The summed E-state index contributed by atoms with van der Waals surface area (Å²) < 4.78 is 0.931. The molecule has 3 N–H and O–H groups in total. The molecule has 4 nitrogen and oxygen atoms in total. The quantitative estimate of drug-likeness (QED) is 0.387. The number of aryl methyl sites for hydroxylation is 1. The van der Waals surface area contributed by atoms with Gasteiger partial charge in [0, 0.05) is 22.0 Å². The first kappa shape index (κ1) is 11.9. The molecule has 17 heavy (non-hydrogen) atoms. The summed E-state index contributed by atoms with van der Waals surface area (Å²) >= 11 is 3.07. The predicted molar refractivity (Wildman–Crippen MR) is 69.9 cm³/mol. The number of benzene rings is 1. The van der Waals surface area contributed by atoms with Gasteiger partial charge in [-0.1, -0.05) is 28.5 Å². The minimum absolute atomic E-state index is 0.118. The Labute approximate surface area is 107 Å². The Morgan fingerprint density at radius 2 is 2.35 bits per heavy atom. The molecule has 0 saturated heterocycles. The maximum Gasteiger partial charge on any atom is 0.171 e. The number of rotatable bonds is 3. The Balaban J connectivity index is 2.39. The molecule has 1 heterocycles. The van der Waals surface area contributed by atoms with Crippen molar-refractivity contribution in [3.8, 4) is 0 Å². The lowest BCUT2D eigenvalue weighted by atomic mass is 10.1. The van der Waals surface area contributed by atoms with E-state index in [4.69, 9.17) is 10.9 Å². The van der Waals surface area contributed by atoms with Crippen LogP contribution in [0.1, 0.15) is 11.1 Å². The maximum atomic E-state index is 8.77. The van der Waals surface area contributed by atoms with Crippen LogP contribution in [0.5, 0.6) is 0 Å². The zero-order chi connectivity index (χ0) is 12.3. The normalized spacial score (nSPS) is 11.7. The number of hydrogen-bond donors (Lipinski definition) is 2. The molecule has 88 valence electrons. The van der Waals surface area contributed by atoms with Crippen LogP contribution in [-0.2, 0) is 0 Å². The first-order valence-electron chi connectivity index (χ1n) is 4.86. The SMILES string of the molecule is Cc1ccc(Sc2nccs2)c(/C(N)=N/O)c1. The first-order valence-corrected chi connectivity index (χ1v) is 6.56. The van der Waals surface area contributed by atoms with E-state index in [-0.39, 0.29) is 5.84 Å². The third kappa shape index (κ3) is 2.78. The molecule has 2 rings (SSSR count). The molecule has 0 amide bonds. The fourth-order valence-corrected chi connectivity index (χ4v) is 3.04. The lowest BCUT2D eigenvalue weighted by Gasteiger charge is -2.07. The predicted octanol–water partition coefficient (Wildman–Crippen LogP) is 2.70. The monoisotopic (exact) mass is 265 g/mol. The van der Waals surface area contributed by atoms with Crippen LogP contribution >= 0.6 is 23.1 Å². The number of oxime groups is 1. The van der Waals surface area contributed by atoms with E-state index in [2.05, 4.69) is 10.1 Å². The van der Waals surface area contributed by atoms with Crippen LogP contribution in [0.4, 0.5) is 0 Å². The van der Waals surface area contributed by atoms with Crippen molar-refractivity contribution in [3.05, 3.63) is 40.9 Å². The molecule has 0 aliphatic rings. The van der Waals surface area contributed by atoms with E-state index in [0.717, 1.165) is 20.4 Å². The second kappa shape index (κ2) is 5.20. The molecule has 0 unspecified atom stereocenters. The van der Waals surface area contributed by atoms with Crippen LogP contribution in [0.15, 0.2) is 44.2 Å². The molecule has 0 aliphatic carbocycles. The van der Waals surface area contributed by atoms with Gasteiger partial charge in [0.25, 0.3) is 0 Å². The number of hydrogen-bond acceptors (Lipinski definition) is 5. The molecule has 0 atom stereocenters. The first-order chi connectivity index (χ1) is 8.20. The molecule has 2 aromatic rings. The van der Waals surface area contributed by atoms with Crippen LogP contribution in [0, 0.1) is 6.92 Å². The Morgan fingerprint density at radius 1 is 1.53 bits per heavy atom. The van der Waals surface area contributed by atoms with Crippen LogP contribution in [-0.4, -0.2) is 16.0 Å². The van der Waals surface area contributed by atoms with Gasteiger partial charge in [0.05, 0.1) is 0 Å². The van der Waals surface area contributed by atoms with Gasteiger partial charge in [0.1, 0.15) is 0 Å². The Hall–Kier alpha value is -1.53. The van der Waals surface area contributed by atoms with E-state index in [0.29, 0.717) is 0 Å². The van der Waals surface area contributed by atoms with E-state index in [1.165, 1.54) is 11.8 Å². The third-order valence-corrected chi connectivity index (χ3v) is 4.09. The van der Waals surface area contributed by atoms with E-state index in [1.54, 1.807) is 17.5 Å². The third-order valence-electron chi connectivity index (χ3n) is 2.13. The Morgan fingerprint density at radius 3 is 3.00 bits per heavy atom. The van der Waals surface area contributed by atoms with E-state index < -0.39 is 0 Å². The van der Waals surface area contributed by atoms with E-state index >= 15 is 0 Å². The molecule has 1 aromatic carbocycles. The van der Waals surface area contributed by atoms with Crippen molar-refractivity contribution in [3.63, 3.8) is 0 Å².